The third-order valence-electron chi connectivity index (χ3n) is 3.35. The van der Waals surface area contributed by atoms with Crippen LogP contribution in [0.3, 0.4) is 0 Å². The van der Waals surface area contributed by atoms with Crippen LogP contribution < -0.4 is 16.0 Å². The van der Waals surface area contributed by atoms with Gasteiger partial charge in [0.1, 0.15) is 0 Å². The summed E-state index contributed by atoms with van der Waals surface area (Å²) in [4.78, 5) is 23.8. The lowest BCUT2D eigenvalue weighted by molar-refractivity contribution is 0.0963. The zero-order chi connectivity index (χ0) is 17.7. The van der Waals surface area contributed by atoms with Gasteiger partial charge in [-0.25, -0.2) is 4.79 Å². The number of urea groups is 1. The highest BCUT2D eigenvalue weighted by molar-refractivity contribution is 6.34. The first-order valence-electron chi connectivity index (χ1n) is 7.49. The number of aromatic amines is 1. The maximum absolute atomic E-state index is 12.1. The molecule has 0 spiro atoms. The molecule has 8 heteroatoms. The van der Waals surface area contributed by atoms with Crippen molar-refractivity contribution in [3.05, 3.63) is 46.2 Å². The number of nitrogens with one attached hydrogen (secondary N) is 4. The second kappa shape index (κ2) is 7.83. The monoisotopic (exact) mass is 349 g/mol. The molecular weight excluding hydrogens is 330 g/mol. The number of halogens is 1. The first-order valence-corrected chi connectivity index (χ1v) is 7.87. The highest BCUT2D eigenvalue weighted by Gasteiger charge is 2.13. The zero-order valence-electron chi connectivity index (χ0n) is 13.7. The van der Waals surface area contributed by atoms with Crippen molar-refractivity contribution in [2.45, 2.75) is 26.3 Å². The van der Waals surface area contributed by atoms with Gasteiger partial charge < -0.3 is 16.0 Å². The number of carbonyl (C=O) groups is 2. The van der Waals surface area contributed by atoms with Gasteiger partial charge in [0.15, 0.2) is 0 Å². The van der Waals surface area contributed by atoms with E-state index >= 15 is 0 Å². The molecule has 7 nitrogen and oxygen atoms in total. The number of aromatic nitrogens is 2. The van der Waals surface area contributed by atoms with Crippen LogP contribution in [0.25, 0.3) is 0 Å². The first-order chi connectivity index (χ1) is 11.4. The molecule has 3 amide bonds. The Labute approximate surface area is 145 Å². The quantitative estimate of drug-likeness (QED) is 0.667. The molecule has 2 aromatic rings. The van der Waals surface area contributed by atoms with Crippen LogP contribution in [0, 0.1) is 6.92 Å². The van der Waals surface area contributed by atoms with Crippen molar-refractivity contribution in [3.8, 4) is 0 Å². The van der Waals surface area contributed by atoms with Crippen LogP contribution in [0.2, 0.25) is 5.02 Å². The Kier molecular flexibility index (Phi) is 5.81. The predicted octanol–water partition coefficient (Wildman–Crippen LogP) is 2.48. The van der Waals surface area contributed by atoms with Crippen LogP contribution in [0.5, 0.6) is 0 Å². The van der Waals surface area contributed by atoms with Crippen molar-refractivity contribution in [1.29, 1.82) is 0 Å². The van der Waals surface area contributed by atoms with Gasteiger partial charge >= 0.3 is 6.03 Å². The van der Waals surface area contributed by atoms with E-state index in [0.717, 1.165) is 11.4 Å². The van der Waals surface area contributed by atoms with Crippen LogP contribution in [0.4, 0.5) is 10.5 Å². The summed E-state index contributed by atoms with van der Waals surface area (Å²) in [5, 5.41) is 15.4. The molecule has 1 aromatic heterocycles. The lowest BCUT2D eigenvalue weighted by atomic mass is 10.1. The Hall–Kier alpha value is -2.54. The lowest BCUT2D eigenvalue weighted by Crippen LogP contribution is -2.37. The molecule has 0 bridgehead atoms. The van der Waals surface area contributed by atoms with Crippen molar-refractivity contribution in [2.24, 2.45) is 0 Å². The Morgan fingerprint density at radius 3 is 2.71 bits per heavy atom. The standard InChI is InChI=1S/C16H20ClN5O2/c1-9(6-12-7-10(2)21-22-12)19-16(24)20-11-4-5-14(17)13(8-11)15(23)18-3/h4-5,7-9H,6H2,1-3H3,(H,18,23)(H,21,22)(H2,19,20,24). The van der Waals surface area contributed by atoms with Crippen molar-refractivity contribution < 1.29 is 9.59 Å². The van der Waals surface area contributed by atoms with E-state index in [1.165, 1.54) is 13.1 Å². The van der Waals surface area contributed by atoms with Crippen molar-refractivity contribution in [2.75, 3.05) is 12.4 Å². The summed E-state index contributed by atoms with van der Waals surface area (Å²) in [5.74, 6) is -0.314. The second-order valence-corrected chi connectivity index (χ2v) is 5.93. The zero-order valence-corrected chi connectivity index (χ0v) is 14.5. The maximum atomic E-state index is 12.1. The summed E-state index contributed by atoms with van der Waals surface area (Å²) < 4.78 is 0. The van der Waals surface area contributed by atoms with Crippen molar-refractivity contribution in [1.82, 2.24) is 20.8 Å². The molecule has 0 aliphatic carbocycles. The number of hydrogen-bond donors (Lipinski definition) is 4. The van der Waals surface area contributed by atoms with E-state index in [2.05, 4.69) is 26.1 Å². The molecule has 0 fully saturated rings. The lowest BCUT2D eigenvalue weighted by Gasteiger charge is -2.14. The van der Waals surface area contributed by atoms with Crippen LogP contribution in [-0.2, 0) is 6.42 Å². The summed E-state index contributed by atoms with van der Waals surface area (Å²) in [6.07, 6.45) is 0.613. The normalized spacial score (nSPS) is 11.7. The fourth-order valence-electron chi connectivity index (χ4n) is 2.25. The largest absolute Gasteiger partial charge is 0.355 e. The van der Waals surface area contributed by atoms with Gasteiger partial charge in [-0.3, -0.25) is 9.89 Å². The van der Waals surface area contributed by atoms with E-state index in [1.807, 2.05) is 19.9 Å². The number of hydrogen-bond acceptors (Lipinski definition) is 3. The number of H-pyrrole nitrogens is 1. The SMILES string of the molecule is CNC(=O)c1cc(NC(=O)NC(C)Cc2cc(C)[nH]n2)ccc1Cl. The van der Waals surface area contributed by atoms with E-state index in [1.54, 1.807) is 12.1 Å². The molecule has 0 saturated carbocycles. The maximum Gasteiger partial charge on any atom is 0.319 e. The van der Waals surface area contributed by atoms with Crippen molar-refractivity contribution in [3.63, 3.8) is 0 Å². The summed E-state index contributed by atoms with van der Waals surface area (Å²) in [6.45, 7) is 3.81. The highest BCUT2D eigenvalue weighted by atomic mass is 35.5. The first kappa shape index (κ1) is 17.8. The topological polar surface area (TPSA) is 98.9 Å². The average Bonchev–Trinajstić information content (AvgIpc) is 2.93. The van der Waals surface area contributed by atoms with Crippen LogP contribution in [0.1, 0.15) is 28.7 Å². The van der Waals surface area contributed by atoms with Crippen LogP contribution >= 0.6 is 11.6 Å². The Bertz CT molecular complexity index is 744. The highest BCUT2D eigenvalue weighted by Crippen LogP contribution is 2.20. The molecule has 24 heavy (non-hydrogen) atoms. The number of carbonyl (C=O) groups excluding carboxylic acids is 2. The molecule has 2 rings (SSSR count). The van der Waals surface area contributed by atoms with Crippen molar-refractivity contribution >= 4 is 29.2 Å². The molecular formula is C16H20ClN5O2. The molecule has 0 radical (unpaired) electrons. The summed E-state index contributed by atoms with van der Waals surface area (Å²) in [5.41, 5.74) is 2.65. The minimum Gasteiger partial charge on any atom is -0.355 e. The summed E-state index contributed by atoms with van der Waals surface area (Å²) in [6, 6.07) is 6.21. The Balaban J connectivity index is 1.95. The molecule has 4 N–H and O–H groups in total. The minimum absolute atomic E-state index is 0.0987. The van der Waals surface area contributed by atoms with Gasteiger partial charge in [-0.15, -0.1) is 0 Å². The fraction of sp³-hybridized carbons (Fsp3) is 0.312. The molecule has 0 aliphatic heterocycles. The number of nitrogens with zero attached hydrogens (tertiary/aromatic N) is 1. The molecule has 0 aliphatic rings. The van der Waals surface area contributed by atoms with Gasteiger partial charge in [0.05, 0.1) is 16.3 Å². The Morgan fingerprint density at radius 1 is 1.33 bits per heavy atom. The summed E-state index contributed by atoms with van der Waals surface area (Å²) in [7, 11) is 1.52. The number of aryl methyl sites for hydroxylation is 1. The van der Waals surface area contributed by atoms with Gasteiger partial charge in [0.2, 0.25) is 0 Å². The minimum atomic E-state index is -0.361. The van der Waals surface area contributed by atoms with E-state index in [4.69, 9.17) is 11.6 Å². The third-order valence-corrected chi connectivity index (χ3v) is 3.68. The molecule has 128 valence electrons. The second-order valence-electron chi connectivity index (χ2n) is 5.52. The van der Waals surface area contributed by atoms with Gasteiger partial charge in [0.25, 0.3) is 5.91 Å². The number of rotatable bonds is 5. The Morgan fingerprint density at radius 2 is 2.08 bits per heavy atom. The number of amides is 3. The molecule has 1 atom stereocenters. The predicted molar refractivity (Wildman–Crippen MR) is 93.5 cm³/mol. The number of anilines is 1. The average molecular weight is 350 g/mol. The van der Waals surface area contributed by atoms with Gasteiger partial charge in [-0.2, -0.15) is 5.10 Å². The van der Waals surface area contributed by atoms with Crippen LogP contribution in [0.15, 0.2) is 24.3 Å². The fourth-order valence-corrected chi connectivity index (χ4v) is 2.45. The van der Waals surface area contributed by atoms with E-state index in [9.17, 15) is 9.59 Å². The third kappa shape index (κ3) is 4.73. The van der Waals surface area contributed by atoms with E-state index in [0.29, 0.717) is 22.7 Å². The van der Waals surface area contributed by atoms with Gasteiger partial charge in [-0.1, -0.05) is 11.6 Å². The van der Waals surface area contributed by atoms with Gasteiger partial charge in [-0.05, 0) is 38.1 Å². The number of benzene rings is 1. The van der Waals surface area contributed by atoms with Gasteiger partial charge in [0, 0.05) is 30.9 Å². The molecule has 0 saturated heterocycles. The molecule has 1 heterocycles. The molecule has 1 unspecified atom stereocenters. The smallest absolute Gasteiger partial charge is 0.319 e. The van der Waals surface area contributed by atoms with E-state index in [-0.39, 0.29) is 18.0 Å². The van der Waals surface area contributed by atoms with Crippen LogP contribution in [-0.4, -0.2) is 35.2 Å². The summed E-state index contributed by atoms with van der Waals surface area (Å²) >= 11 is 5.98. The van der Waals surface area contributed by atoms with E-state index < -0.39 is 0 Å². The molecule has 1 aromatic carbocycles.